The molecule has 5 heteroatoms. The number of halogens is 1. The van der Waals surface area contributed by atoms with E-state index in [1.54, 1.807) is 18.2 Å². The monoisotopic (exact) mass is 347 g/mol. The molecular weight excluding hydrogens is 334 g/mol. The van der Waals surface area contributed by atoms with Crippen LogP contribution >= 0.6 is 11.6 Å². The lowest BCUT2D eigenvalue weighted by Gasteiger charge is -2.08. The van der Waals surface area contributed by atoms with Gasteiger partial charge in [-0.25, -0.2) is 9.97 Å². The molecule has 122 valence electrons. The predicted octanol–water partition coefficient (Wildman–Crippen LogP) is 4.37. The van der Waals surface area contributed by atoms with Gasteiger partial charge in [0.15, 0.2) is 0 Å². The maximum absolute atomic E-state index is 12.4. The molecule has 1 aromatic heterocycles. The molecule has 0 radical (unpaired) electrons. The number of carbonyl (C=O) groups is 1. The average Bonchev–Trinajstić information content (AvgIpc) is 2.65. The molecule has 0 atom stereocenters. The van der Waals surface area contributed by atoms with Gasteiger partial charge < -0.3 is 5.32 Å². The molecule has 1 amide bonds. The van der Waals surface area contributed by atoms with Crippen molar-refractivity contribution in [3.63, 3.8) is 0 Å². The number of nitrogens with one attached hydrogen (secondary N) is 1. The van der Waals surface area contributed by atoms with Crippen LogP contribution in [0.3, 0.4) is 0 Å². The summed E-state index contributed by atoms with van der Waals surface area (Å²) in [6.45, 7) is 0.375. The van der Waals surface area contributed by atoms with Crippen molar-refractivity contribution in [2.45, 2.75) is 6.54 Å². The zero-order chi connectivity index (χ0) is 17.2. The lowest BCUT2D eigenvalue weighted by atomic mass is 10.1. The third-order valence-corrected chi connectivity index (χ3v) is 4.37. The molecule has 1 N–H and O–H groups in total. The summed E-state index contributed by atoms with van der Waals surface area (Å²) in [7, 11) is 0. The van der Waals surface area contributed by atoms with Crippen molar-refractivity contribution in [1.82, 2.24) is 15.3 Å². The molecule has 0 fully saturated rings. The van der Waals surface area contributed by atoms with Gasteiger partial charge in [0.05, 0.1) is 22.1 Å². The number of para-hydroxylation sites is 2. The molecule has 0 aliphatic rings. The number of aromatic nitrogens is 2. The maximum atomic E-state index is 12.4. The van der Waals surface area contributed by atoms with Crippen LogP contribution in [0.5, 0.6) is 0 Å². The summed E-state index contributed by atoms with van der Waals surface area (Å²) in [6.07, 6.45) is 0. The Morgan fingerprint density at radius 2 is 1.48 bits per heavy atom. The van der Waals surface area contributed by atoms with E-state index in [2.05, 4.69) is 15.3 Å². The second-order valence-electron chi connectivity index (χ2n) is 5.69. The fourth-order valence-electron chi connectivity index (χ4n) is 2.68. The lowest BCUT2D eigenvalue weighted by molar-refractivity contribution is 0.0951. The second kappa shape index (κ2) is 6.49. The molecule has 0 saturated heterocycles. The standard InChI is InChI=1S/C20H14ClN3O/c21-15-6-2-1-5-14(15)12-22-20(25)13-9-10-18-19(11-13)24-17-8-4-3-7-16(17)23-18/h1-11H,12H2,(H,22,25). The van der Waals surface area contributed by atoms with Gasteiger partial charge >= 0.3 is 0 Å². The van der Waals surface area contributed by atoms with Gasteiger partial charge in [-0.3, -0.25) is 4.79 Å². The molecule has 0 bridgehead atoms. The summed E-state index contributed by atoms with van der Waals surface area (Å²) in [4.78, 5) is 21.6. The van der Waals surface area contributed by atoms with Crippen molar-refractivity contribution in [3.8, 4) is 0 Å². The topological polar surface area (TPSA) is 54.9 Å². The number of fused-ring (bicyclic) bond motifs is 2. The van der Waals surface area contributed by atoms with E-state index in [1.165, 1.54) is 0 Å². The van der Waals surface area contributed by atoms with Crippen LogP contribution in [0.25, 0.3) is 22.1 Å². The Bertz CT molecular complexity index is 1090. The summed E-state index contributed by atoms with van der Waals surface area (Å²) < 4.78 is 0. The van der Waals surface area contributed by atoms with Crippen LogP contribution in [0.15, 0.2) is 66.7 Å². The molecule has 4 rings (SSSR count). The minimum Gasteiger partial charge on any atom is -0.348 e. The molecule has 25 heavy (non-hydrogen) atoms. The Morgan fingerprint density at radius 3 is 2.24 bits per heavy atom. The number of benzene rings is 3. The number of rotatable bonds is 3. The molecular formula is C20H14ClN3O. The van der Waals surface area contributed by atoms with Gasteiger partial charge in [-0.15, -0.1) is 0 Å². The summed E-state index contributed by atoms with van der Waals surface area (Å²) in [5.41, 5.74) is 4.54. The van der Waals surface area contributed by atoms with Gasteiger partial charge in [0.2, 0.25) is 0 Å². The number of amides is 1. The van der Waals surface area contributed by atoms with Crippen molar-refractivity contribution in [2.24, 2.45) is 0 Å². The smallest absolute Gasteiger partial charge is 0.251 e. The van der Waals surface area contributed by atoms with Gasteiger partial charge in [0.25, 0.3) is 5.91 Å². The van der Waals surface area contributed by atoms with Crippen LogP contribution in [0.1, 0.15) is 15.9 Å². The molecule has 0 spiro atoms. The number of carbonyl (C=O) groups excluding carboxylic acids is 1. The van der Waals surface area contributed by atoms with Crippen molar-refractivity contribution in [3.05, 3.63) is 82.9 Å². The lowest BCUT2D eigenvalue weighted by Crippen LogP contribution is -2.22. The highest BCUT2D eigenvalue weighted by Gasteiger charge is 2.09. The first-order chi connectivity index (χ1) is 12.2. The van der Waals surface area contributed by atoms with Crippen LogP contribution in [0.4, 0.5) is 0 Å². The Hall–Kier alpha value is -2.98. The molecule has 0 saturated carbocycles. The summed E-state index contributed by atoms with van der Waals surface area (Å²) >= 11 is 6.12. The van der Waals surface area contributed by atoms with E-state index in [4.69, 9.17) is 11.6 Å². The summed E-state index contributed by atoms with van der Waals surface area (Å²) in [6, 6.07) is 20.5. The average molecular weight is 348 g/mol. The van der Waals surface area contributed by atoms with E-state index in [0.717, 1.165) is 22.1 Å². The fraction of sp³-hybridized carbons (Fsp3) is 0.0500. The molecule has 0 aliphatic heterocycles. The number of nitrogens with zero attached hydrogens (tertiary/aromatic N) is 2. The van der Waals surface area contributed by atoms with Gasteiger partial charge in [0, 0.05) is 17.1 Å². The van der Waals surface area contributed by atoms with Gasteiger partial charge in [0.1, 0.15) is 0 Å². The first-order valence-corrected chi connectivity index (χ1v) is 8.27. The summed E-state index contributed by atoms with van der Waals surface area (Å²) in [5.74, 6) is -0.170. The fourth-order valence-corrected chi connectivity index (χ4v) is 2.88. The van der Waals surface area contributed by atoms with Crippen LogP contribution in [0.2, 0.25) is 5.02 Å². The molecule has 4 aromatic rings. The predicted molar refractivity (Wildman–Crippen MR) is 99.7 cm³/mol. The molecule has 0 aliphatic carbocycles. The van der Waals surface area contributed by atoms with Gasteiger partial charge in [-0.1, -0.05) is 41.9 Å². The Balaban J connectivity index is 1.61. The van der Waals surface area contributed by atoms with Crippen molar-refractivity contribution in [1.29, 1.82) is 0 Å². The highest BCUT2D eigenvalue weighted by Crippen LogP contribution is 2.18. The number of hydrogen-bond donors (Lipinski definition) is 1. The van der Waals surface area contributed by atoms with Crippen LogP contribution in [-0.4, -0.2) is 15.9 Å². The first kappa shape index (κ1) is 15.5. The molecule has 0 unspecified atom stereocenters. The Labute approximate surface area is 149 Å². The highest BCUT2D eigenvalue weighted by atomic mass is 35.5. The van der Waals surface area contributed by atoms with Gasteiger partial charge in [-0.2, -0.15) is 0 Å². The Morgan fingerprint density at radius 1 is 0.840 bits per heavy atom. The van der Waals surface area contributed by atoms with E-state index in [9.17, 15) is 4.79 Å². The van der Waals surface area contributed by atoms with Crippen molar-refractivity contribution < 1.29 is 4.79 Å². The highest BCUT2D eigenvalue weighted by molar-refractivity contribution is 6.31. The zero-order valence-electron chi connectivity index (χ0n) is 13.2. The third kappa shape index (κ3) is 3.16. The van der Waals surface area contributed by atoms with E-state index in [1.807, 2.05) is 48.5 Å². The molecule has 4 nitrogen and oxygen atoms in total. The van der Waals surface area contributed by atoms with E-state index in [0.29, 0.717) is 22.6 Å². The van der Waals surface area contributed by atoms with Crippen molar-refractivity contribution in [2.75, 3.05) is 0 Å². The van der Waals surface area contributed by atoms with E-state index >= 15 is 0 Å². The zero-order valence-corrected chi connectivity index (χ0v) is 14.0. The normalized spacial score (nSPS) is 10.9. The van der Waals surface area contributed by atoms with Crippen LogP contribution in [0, 0.1) is 0 Å². The van der Waals surface area contributed by atoms with Crippen LogP contribution in [-0.2, 0) is 6.54 Å². The minimum atomic E-state index is -0.170. The van der Waals surface area contributed by atoms with Crippen molar-refractivity contribution >= 4 is 39.6 Å². The Kier molecular flexibility index (Phi) is 4.04. The van der Waals surface area contributed by atoms with E-state index in [-0.39, 0.29) is 5.91 Å². The van der Waals surface area contributed by atoms with Crippen LogP contribution < -0.4 is 5.32 Å². The molecule has 1 heterocycles. The first-order valence-electron chi connectivity index (χ1n) is 7.89. The quantitative estimate of drug-likeness (QED) is 0.560. The third-order valence-electron chi connectivity index (χ3n) is 4.00. The molecule has 3 aromatic carbocycles. The van der Waals surface area contributed by atoms with E-state index < -0.39 is 0 Å². The SMILES string of the molecule is O=C(NCc1ccccc1Cl)c1ccc2nc3ccccc3nc2c1. The number of hydrogen-bond acceptors (Lipinski definition) is 3. The minimum absolute atomic E-state index is 0.170. The van der Waals surface area contributed by atoms with Gasteiger partial charge in [-0.05, 0) is 42.0 Å². The summed E-state index contributed by atoms with van der Waals surface area (Å²) in [5, 5.41) is 3.52. The maximum Gasteiger partial charge on any atom is 0.251 e. The largest absolute Gasteiger partial charge is 0.348 e. The second-order valence-corrected chi connectivity index (χ2v) is 6.10.